The van der Waals surface area contributed by atoms with Crippen LogP contribution >= 0.6 is 0 Å². The van der Waals surface area contributed by atoms with E-state index >= 15 is 0 Å². The van der Waals surface area contributed by atoms with Crippen molar-refractivity contribution in [1.82, 2.24) is 15.4 Å². The van der Waals surface area contributed by atoms with Gasteiger partial charge in [0.1, 0.15) is 5.69 Å². The molecule has 6 heteroatoms. The molecule has 0 unspecified atom stereocenters. The maximum atomic E-state index is 11.9. The molecular formula is C19H19N5O. The van der Waals surface area contributed by atoms with E-state index in [0.717, 1.165) is 22.3 Å². The SMILES string of the molecule is Cc1ccc(NCC(=O)N/N=C\c2cnc3ccccc3n2)c(C)c1. The number of hydrogen-bond acceptors (Lipinski definition) is 5. The highest BCUT2D eigenvalue weighted by Crippen LogP contribution is 2.15. The quantitative estimate of drug-likeness (QED) is 0.556. The molecule has 25 heavy (non-hydrogen) atoms. The van der Waals surface area contributed by atoms with Crippen LogP contribution in [0.3, 0.4) is 0 Å². The molecule has 0 spiro atoms. The maximum Gasteiger partial charge on any atom is 0.259 e. The smallest absolute Gasteiger partial charge is 0.259 e. The molecule has 3 aromatic rings. The maximum absolute atomic E-state index is 11.9. The predicted octanol–water partition coefficient (Wildman–Crippen LogP) is 2.81. The second-order valence-electron chi connectivity index (χ2n) is 5.75. The molecule has 2 aromatic carbocycles. The first kappa shape index (κ1) is 16.6. The number of aromatic nitrogens is 2. The summed E-state index contributed by atoms with van der Waals surface area (Å²) in [6, 6.07) is 13.6. The van der Waals surface area contributed by atoms with Crippen LogP contribution in [-0.4, -0.2) is 28.6 Å². The van der Waals surface area contributed by atoms with Crippen LogP contribution in [0.5, 0.6) is 0 Å². The highest BCUT2D eigenvalue weighted by atomic mass is 16.2. The van der Waals surface area contributed by atoms with Gasteiger partial charge in [-0.3, -0.25) is 9.78 Å². The lowest BCUT2D eigenvalue weighted by Gasteiger charge is -2.09. The van der Waals surface area contributed by atoms with E-state index in [1.54, 1.807) is 6.20 Å². The largest absolute Gasteiger partial charge is 0.376 e. The normalized spacial score (nSPS) is 11.0. The third kappa shape index (κ3) is 4.38. The fraction of sp³-hybridized carbons (Fsp3) is 0.158. The topological polar surface area (TPSA) is 79.3 Å². The van der Waals surface area contributed by atoms with Gasteiger partial charge in [-0.25, -0.2) is 10.4 Å². The average molecular weight is 333 g/mol. The molecule has 0 aliphatic heterocycles. The highest BCUT2D eigenvalue weighted by molar-refractivity contribution is 5.85. The van der Waals surface area contributed by atoms with Crippen molar-refractivity contribution in [2.45, 2.75) is 13.8 Å². The predicted molar refractivity (Wildman–Crippen MR) is 99.7 cm³/mol. The second kappa shape index (κ2) is 7.53. The Morgan fingerprint density at radius 2 is 1.96 bits per heavy atom. The molecule has 0 atom stereocenters. The van der Waals surface area contributed by atoms with Crippen LogP contribution in [0.25, 0.3) is 11.0 Å². The Labute approximate surface area is 146 Å². The van der Waals surface area contributed by atoms with Gasteiger partial charge in [0.05, 0.1) is 30.0 Å². The molecule has 3 rings (SSSR count). The van der Waals surface area contributed by atoms with Crippen molar-refractivity contribution in [3.63, 3.8) is 0 Å². The minimum atomic E-state index is -0.232. The van der Waals surface area contributed by atoms with Crippen molar-refractivity contribution >= 4 is 28.8 Å². The number of amides is 1. The van der Waals surface area contributed by atoms with Gasteiger partial charge in [-0.15, -0.1) is 0 Å². The highest BCUT2D eigenvalue weighted by Gasteiger charge is 2.02. The summed E-state index contributed by atoms with van der Waals surface area (Å²) in [6.45, 7) is 4.18. The molecule has 0 fully saturated rings. The molecule has 0 aliphatic rings. The zero-order chi connectivity index (χ0) is 17.6. The van der Waals surface area contributed by atoms with E-state index in [-0.39, 0.29) is 12.5 Å². The molecule has 1 amide bonds. The number of aryl methyl sites for hydroxylation is 2. The first-order chi connectivity index (χ1) is 12.1. The fourth-order valence-corrected chi connectivity index (χ4v) is 2.43. The molecule has 2 N–H and O–H groups in total. The van der Waals surface area contributed by atoms with Gasteiger partial charge in [0.25, 0.3) is 5.91 Å². The molecule has 126 valence electrons. The van der Waals surface area contributed by atoms with E-state index in [1.807, 2.05) is 50.2 Å². The van der Waals surface area contributed by atoms with Crippen molar-refractivity contribution in [2.75, 3.05) is 11.9 Å². The number of nitrogens with zero attached hydrogens (tertiary/aromatic N) is 3. The van der Waals surface area contributed by atoms with Crippen molar-refractivity contribution in [3.8, 4) is 0 Å². The first-order valence-electron chi connectivity index (χ1n) is 7.96. The summed E-state index contributed by atoms with van der Waals surface area (Å²) in [6.07, 6.45) is 3.10. The van der Waals surface area contributed by atoms with Crippen LogP contribution in [0.2, 0.25) is 0 Å². The molecule has 0 bridgehead atoms. The lowest BCUT2D eigenvalue weighted by atomic mass is 10.1. The molecule has 1 heterocycles. The third-order valence-electron chi connectivity index (χ3n) is 3.67. The zero-order valence-electron chi connectivity index (χ0n) is 14.2. The number of para-hydroxylation sites is 2. The summed E-state index contributed by atoms with van der Waals surface area (Å²) in [5.74, 6) is -0.232. The number of carbonyl (C=O) groups is 1. The fourth-order valence-electron chi connectivity index (χ4n) is 2.43. The summed E-state index contributed by atoms with van der Waals surface area (Å²) in [4.78, 5) is 20.6. The molecule has 0 radical (unpaired) electrons. The standard InChI is InChI=1S/C19H19N5O/c1-13-7-8-16(14(2)9-13)21-12-19(25)24-22-11-15-10-20-17-5-3-4-6-18(17)23-15/h3-11,21H,12H2,1-2H3,(H,24,25)/b22-11-. The number of hydrogen-bond donors (Lipinski definition) is 2. The molecule has 0 aliphatic carbocycles. The van der Waals surface area contributed by atoms with Gasteiger partial charge in [0.2, 0.25) is 0 Å². The molecular weight excluding hydrogens is 314 g/mol. The lowest BCUT2D eigenvalue weighted by molar-refractivity contribution is -0.119. The Kier molecular flexibility index (Phi) is 4.99. The molecule has 0 saturated heterocycles. The van der Waals surface area contributed by atoms with Crippen LogP contribution in [0.15, 0.2) is 53.8 Å². The van der Waals surface area contributed by atoms with Gasteiger partial charge < -0.3 is 5.32 Å². The Morgan fingerprint density at radius 1 is 1.16 bits per heavy atom. The van der Waals surface area contributed by atoms with E-state index in [4.69, 9.17) is 0 Å². The van der Waals surface area contributed by atoms with Crippen LogP contribution in [0.1, 0.15) is 16.8 Å². The summed E-state index contributed by atoms with van der Waals surface area (Å²) < 4.78 is 0. The summed E-state index contributed by atoms with van der Waals surface area (Å²) >= 11 is 0. The second-order valence-corrected chi connectivity index (χ2v) is 5.75. The molecule has 1 aromatic heterocycles. The number of rotatable bonds is 5. The van der Waals surface area contributed by atoms with Crippen molar-refractivity contribution in [2.24, 2.45) is 5.10 Å². The van der Waals surface area contributed by atoms with E-state index in [0.29, 0.717) is 5.69 Å². The van der Waals surface area contributed by atoms with E-state index in [2.05, 4.69) is 31.9 Å². The Bertz CT molecular complexity index is 936. The average Bonchev–Trinajstić information content (AvgIpc) is 2.61. The van der Waals surface area contributed by atoms with Crippen LogP contribution in [-0.2, 0) is 4.79 Å². The van der Waals surface area contributed by atoms with Crippen molar-refractivity contribution < 1.29 is 4.79 Å². The lowest BCUT2D eigenvalue weighted by Crippen LogP contribution is -2.26. The first-order valence-corrected chi connectivity index (χ1v) is 7.96. The number of benzene rings is 2. The number of nitrogens with one attached hydrogen (secondary N) is 2. The van der Waals surface area contributed by atoms with Crippen LogP contribution in [0, 0.1) is 13.8 Å². The van der Waals surface area contributed by atoms with Gasteiger partial charge in [-0.05, 0) is 37.6 Å². The van der Waals surface area contributed by atoms with E-state index in [1.165, 1.54) is 11.8 Å². The summed E-state index contributed by atoms with van der Waals surface area (Å²) in [5, 5.41) is 7.03. The monoisotopic (exact) mass is 333 g/mol. The van der Waals surface area contributed by atoms with Crippen LogP contribution < -0.4 is 10.7 Å². The Hall–Kier alpha value is -3.28. The van der Waals surface area contributed by atoms with Gasteiger partial charge >= 0.3 is 0 Å². The summed E-state index contributed by atoms with van der Waals surface area (Å²) in [5.41, 5.74) is 7.90. The number of hydrazone groups is 1. The van der Waals surface area contributed by atoms with Crippen molar-refractivity contribution in [3.05, 3.63) is 65.5 Å². The van der Waals surface area contributed by atoms with Crippen LogP contribution in [0.4, 0.5) is 5.69 Å². The minimum absolute atomic E-state index is 0.143. The number of anilines is 1. The molecule has 6 nitrogen and oxygen atoms in total. The van der Waals surface area contributed by atoms with Gasteiger partial charge in [-0.1, -0.05) is 29.8 Å². The zero-order valence-corrected chi connectivity index (χ0v) is 14.2. The minimum Gasteiger partial charge on any atom is -0.376 e. The molecule has 0 saturated carbocycles. The van der Waals surface area contributed by atoms with Crippen molar-refractivity contribution in [1.29, 1.82) is 0 Å². The summed E-state index contributed by atoms with van der Waals surface area (Å²) in [7, 11) is 0. The van der Waals surface area contributed by atoms with Gasteiger partial charge in [0.15, 0.2) is 0 Å². The third-order valence-corrected chi connectivity index (χ3v) is 3.67. The number of fused-ring (bicyclic) bond motifs is 1. The van der Waals surface area contributed by atoms with Gasteiger partial charge in [-0.2, -0.15) is 5.10 Å². The van der Waals surface area contributed by atoms with Gasteiger partial charge in [0, 0.05) is 5.69 Å². The Balaban J connectivity index is 1.54. The van der Waals surface area contributed by atoms with E-state index in [9.17, 15) is 4.79 Å². The van der Waals surface area contributed by atoms with E-state index < -0.39 is 0 Å². The Morgan fingerprint density at radius 3 is 2.76 bits per heavy atom. The number of carbonyl (C=O) groups excluding carboxylic acids is 1.